The van der Waals surface area contributed by atoms with Gasteiger partial charge in [0.25, 0.3) is 0 Å². The van der Waals surface area contributed by atoms with Crippen molar-refractivity contribution in [3.63, 3.8) is 0 Å². The average Bonchev–Trinajstić information content (AvgIpc) is 2.27. The van der Waals surface area contributed by atoms with Gasteiger partial charge in [-0.3, -0.25) is 0 Å². The van der Waals surface area contributed by atoms with Crippen LogP contribution in [0.4, 0.5) is 11.4 Å². The van der Waals surface area contributed by atoms with E-state index in [1.807, 2.05) is 6.07 Å². The van der Waals surface area contributed by atoms with E-state index in [4.69, 9.17) is 5.11 Å². The van der Waals surface area contributed by atoms with Crippen molar-refractivity contribution in [1.82, 2.24) is 0 Å². The van der Waals surface area contributed by atoms with Crippen LogP contribution in [0, 0.1) is 0 Å². The number of anilines is 2. The fraction of sp³-hybridized carbons (Fsp3) is 0.364. The number of likely N-dealkylation sites (N-methyl/N-ethyl adjacent to an activating group) is 1. The Hall–Kier alpha value is -1.71. The van der Waals surface area contributed by atoms with Crippen molar-refractivity contribution in [3.05, 3.63) is 23.8 Å². The summed E-state index contributed by atoms with van der Waals surface area (Å²) in [4.78, 5) is 13.2. The summed E-state index contributed by atoms with van der Waals surface area (Å²) < 4.78 is 0. The van der Waals surface area contributed by atoms with E-state index in [0.29, 0.717) is 5.56 Å². The molecular weight excluding hydrogens is 192 g/mol. The van der Waals surface area contributed by atoms with Crippen LogP contribution in [0.25, 0.3) is 0 Å². The molecule has 0 fully saturated rings. The molecule has 0 bridgehead atoms. The first kappa shape index (κ1) is 9.83. The number of para-hydroxylation sites is 1. The Morgan fingerprint density at radius 2 is 2.40 bits per heavy atom. The van der Waals surface area contributed by atoms with Crippen LogP contribution >= 0.6 is 0 Å². The lowest BCUT2D eigenvalue weighted by atomic mass is 10.1. The third-order valence-electron chi connectivity index (χ3n) is 2.68. The van der Waals surface area contributed by atoms with Crippen molar-refractivity contribution in [1.29, 1.82) is 0 Å². The number of carbonyl (C=O) groups is 1. The van der Waals surface area contributed by atoms with Gasteiger partial charge in [0.1, 0.15) is 0 Å². The van der Waals surface area contributed by atoms with Gasteiger partial charge in [0.05, 0.1) is 16.9 Å². The van der Waals surface area contributed by atoms with Crippen LogP contribution < -0.4 is 10.2 Å². The summed E-state index contributed by atoms with van der Waals surface area (Å²) in [7, 11) is 0. The number of hydrogen-bond acceptors (Lipinski definition) is 3. The third-order valence-corrected chi connectivity index (χ3v) is 2.68. The highest BCUT2D eigenvalue weighted by Gasteiger charge is 2.20. The molecule has 15 heavy (non-hydrogen) atoms. The normalized spacial score (nSPS) is 14.3. The number of benzene rings is 1. The quantitative estimate of drug-likeness (QED) is 0.772. The standard InChI is InChI=1S/C11H14N2O2/c1-2-13-7-6-12-10-8(11(14)15)4-3-5-9(10)13/h3-5,12H,2,6-7H2,1H3,(H,14,15). The van der Waals surface area contributed by atoms with Crippen molar-refractivity contribution in [2.24, 2.45) is 0 Å². The summed E-state index contributed by atoms with van der Waals surface area (Å²) in [6, 6.07) is 5.38. The molecule has 0 saturated carbocycles. The van der Waals surface area contributed by atoms with Crippen LogP contribution in [-0.2, 0) is 0 Å². The number of hydrogen-bond donors (Lipinski definition) is 2. The molecule has 0 aromatic heterocycles. The zero-order valence-corrected chi connectivity index (χ0v) is 8.66. The van der Waals surface area contributed by atoms with E-state index in [1.165, 1.54) is 0 Å². The Morgan fingerprint density at radius 3 is 3.07 bits per heavy atom. The Bertz CT molecular complexity index is 390. The minimum absolute atomic E-state index is 0.352. The van der Waals surface area contributed by atoms with Crippen molar-refractivity contribution < 1.29 is 9.90 Å². The number of nitrogens with one attached hydrogen (secondary N) is 1. The first-order valence-electron chi connectivity index (χ1n) is 5.09. The number of carboxylic acid groups (broad SMARTS) is 1. The molecule has 1 aliphatic heterocycles. The van der Waals surface area contributed by atoms with Crippen molar-refractivity contribution in [2.45, 2.75) is 6.92 Å². The van der Waals surface area contributed by atoms with Crippen LogP contribution in [0.15, 0.2) is 18.2 Å². The molecule has 0 unspecified atom stereocenters. The van der Waals surface area contributed by atoms with Gasteiger partial charge in [0.15, 0.2) is 0 Å². The second-order valence-electron chi connectivity index (χ2n) is 3.51. The Labute approximate surface area is 88.5 Å². The van der Waals surface area contributed by atoms with Crippen molar-refractivity contribution in [3.8, 4) is 0 Å². The largest absolute Gasteiger partial charge is 0.478 e. The lowest BCUT2D eigenvalue weighted by molar-refractivity contribution is 0.0698. The third kappa shape index (κ3) is 1.63. The monoisotopic (exact) mass is 206 g/mol. The fourth-order valence-electron chi connectivity index (χ4n) is 1.93. The highest BCUT2D eigenvalue weighted by atomic mass is 16.4. The molecule has 1 aliphatic rings. The zero-order chi connectivity index (χ0) is 10.8. The second kappa shape index (κ2) is 3.81. The van der Waals surface area contributed by atoms with E-state index >= 15 is 0 Å². The van der Waals surface area contributed by atoms with Gasteiger partial charge in [0.2, 0.25) is 0 Å². The summed E-state index contributed by atoms with van der Waals surface area (Å²) in [5.74, 6) is -0.877. The molecule has 0 aliphatic carbocycles. The Balaban J connectivity index is 2.50. The molecule has 80 valence electrons. The molecule has 4 nitrogen and oxygen atoms in total. The molecule has 2 N–H and O–H groups in total. The number of aromatic carboxylic acids is 1. The Morgan fingerprint density at radius 1 is 1.60 bits per heavy atom. The van der Waals surface area contributed by atoms with Gasteiger partial charge in [-0.15, -0.1) is 0 Å². The van der Waals surface area contributed by atoms with E-state index in [2.05, 4.69) is 17.1 Å². The van der Waals surface area contributed by atoms with E-state index in [-0.39, 0.29) is 0 Å². The van der Waals surface area contributed by atoms with Gasteiger partial charge in [0, 0.05) is 19.6 Å². The van der Waals surface area contributed by atoms with Crippen molar-refractivity contribution in [2.75, 3.05) is 29.9 Å². The smallest absolute Gasteiger partial charge is 0.337 e. The topological polar surface area (TPSA) is 52.6 Å². The van der Waals surface area contributed by atoms with Crippen LogP contribution in [0.2, 0.25) is 0 Å². The number of rotatable bonds is 2. The summed E-state index contributed by atoms with van der Waals surface area (Å²) in [5, 5.41) is 12.2. The van der Waals surface area contributed by atoms with Gasteiger partial charge in [-0.05, 0) is 19.1 Å². The van der Waals surface area contributed by atoms with E-state index in [1.54, 1.807) is 12.1 Å². The SMILES string of the molecule is CCN1CCNc2c(C(=O)O)cccc21. The maximum absolute atomic E-state index is 11.0. The van der Waals surface area contributed by atoms with Crippen LogP contribution in [0.3, 0.4) is 0 Å². The molecule has 0 amide bonds. The van der Waals surface area contributed by atoms with Gasteiger partial charge in [-0.25, -0.2) is 4.79 Å². The summed E-state index contributed by atoms with van der Waals surface area (Å²) >= 11 is 0. The van der Waals surface area contributed by atoms with E-state index in [0.717, 1.165) is 31.0 Å². The summed E-state index contributed by atoms with van der Waals surface area (Å²) in [6.07, 6.45) is 0. The second-order valence-corrected chi connectivity index (χ2v) is 3.51. The molecular formula is C11H14N2O2. The summed E-state index contributed by atoms with van der Waals surface area (Å²) in [6.45, 7) is 4.69. The lowest BCUT2D eigenvalue weighted by Crippen LogP contribution is -2.34. The van der Waals surface area contributed by atoms with Crippen LogP contribution in [-0.4, -0.2) is 30.7 Å². The molecule has 4 heteroatoms. The number of carboxylic acids is 1. The maximum Gasteiger partial charge on any atom is 0.337 e. The van der Waals surface area contributed by atoms with Crippen LogP contribution in [0.1, 0.15) is 17.3 Å². The van der Waals surface area contributed by atoms with Gasteiger partial charge < -0.3 is 15.3 Å². The minimum Gasteiger partial charge on any atom is -0.478 e. The predicted octanol–water partition coefficient (Wildman–Crippen LogP) is 1.64. The van der Waals surface area contributed by atoms with Gasteiger partial charge >= 0.3 is 5.97 Å². The number of fused-ring (bicyclic) bond motifs is 1. The molecule has 0 spiro atoms. The maximum atomic E-state index is 11.0. The molecule has 1 aromatic carbocycles. The molecule has 0 radical (unpaired) electrons. The fourth-order valence-corrected chi connectivity index (χ4v) is 1.93. The van der Waals surface area contributed by atoms with Gasteiger partial charge in [-0.1, -0.05) is 6.07 Å². The molecule has 1 aromatic rings. The number of nitrogens with zero attached hydrogens (tertiary/aromatic N) is 1. The zero-order valence-electron chi connectivity index (χ0n) is 8.66. The average molecular weight is 206 g/mol. The minimum atomic E-state index is -0.877. The predicted molar refractivity (Wildman–Crippen MR) is 59.8 cm³/mol. The first-order chi connectivity index (χ1) is 7.24. The lowest BCUT2D eigenvalue weighted by Gasteiger charge is -2.31. The van der Waals surface area contributed by atoms with Crippen LogP contribution in [0.5, 0.6) is 0 Å². The van der Waals surface area contributed by atoms with Crippen molar-refractivity contribution >= 4 is 17.3 Å². The molecule has 2 rings (SSSR count). The summed E-state index contributed by atoms with van der Waals surface area (Å²) in [5.41, 5.74) is 2.09. The highest BCUT2D eigenvalue weighted by molar-refractivity contribution is 5.98. The van der Waals surface area contributed by atoms with E-state index in [9.17, 15) is 4.79 Å². The molecule has 0 saturated heterocycles. The van der Waals surface area contributed by atoms with Gasteiger partial charge in [-0.2, -0.15) is 0 Å². The molecule has 0 atom stereocenters. The Kier molecular flexibility index (Phi) is 2.49. The highest BCUT2D eigenvalue weighted by Crippen LogP contribution is 2.31. The molecule has 1 heterocycles. The first-order valence-corrected chi connectivity index (χ1v) is 5.09. The van der Waals surface area contributed by atoms with E-state index < -0.39 is 5.97 Å².